The molecule has 2 heteroatoms. The molecule has 10 heavy (non-hydrogen) atoms. The third kappa shape index (κ3) is 3.17. The van der Waals surface area contributed by atoms with Gasteiger partial charge in [0.05, 0.1) is 0 Å². The van der Waals surface area contributed by atoms with Gasteiger partial charge < -0.3 is 0 Å². The average Bonchev–Trinajstić information content (AvgIpc) is 1.86. The second kappa shape index (κ2) is 3.99. The fraction of sp³-hybridized carbons (Fsp3) is 0.500. The van der Waals surface area contributed by atoms with Gasteiger partial charge in [-0.15, -0.1) is 0 Å². The van der Waals surface area contributed by atoms with Crippen LogP contribution in [0.1, 0.15) is 28.5 Å². The van der Waals surface area contributed by atoms with Crippen molar-refractivity contribution in [2.75, 3.05) is 0 Å². The fourth-order valence-corrected chi connectivity index (χ4v) is 0.466. The lowest BCUT2D eigenvalue weighted by Crippen LogP contribution is -2.08. The van der Waals surface area contributed by atoms with Crippen LogP contribution in [0.3, 0.4) is 0 Å². The normalized spacial score (nSPS) is 10.0. The molecule has 0 N–H and O–H groups in total. The highest BCUT2D eigenvalue weighted by molar-refractivity contribution is 6.41. The van der Waals surface area contributed by atoms with E-state index in [9.17, 15) is 9.59 Å². The molecule has 0 saturated carbocycles. The molecule has 0 aromatic rings. The highest BCUT2D eigenvalue weighted by Gasteiger charge is 2.05. The van der Waals surface area contributed by atoms with Crippen molar-refractivity contribution >= 4 is 11.6 Å². The van der Waals surface area contributed by atoms with Crippen molar-refractivity contribution in [3.63, 3.8) is 0 Å². The minimum atomic E-state index is -0.489. The van der Waals surface area contributed by atoms with E-state index in [4.69, 9.17) is 1.37 Å². The molecule has 0 aliphatic rings. The molecule has 0 radical (unpaired) electrons. The van der Waals surface area contributed by atoms with Crippen LogP contribution in [0, 0.1) is 0 Å². The van der Waals surface area contributed by atoms with Crippen molar-refractivity contribution in [1.29, 1.82) is 0 Å². The number of allylic oxidation sites excluding steroid dienone is 2. The molecule has 0 unspecified atom stereocenters. The molecule has 0 aliphatic carbocycles. The number of ketones is 2. The van der Waals surface area contributed by atoms with Gasteiger partial charge >= 0.3 is 0 Å². The smallest absolute Gasteiger partial charge is 0.221 e. The van der Waals surface area contributed by atoms with Crippen LogP contribution >= 0.6 is 0 Å². The molecule has 0 saturated heterocycles. The first-order valence-electron chi connectivity index (χ1n) is 3.80. The summed E-state index contributed by atoms with van der Waals surface area (Å²) in [6, 6.07) is 0. The van der Waals surface area contributed by atoms with Gasteiger partial charge in [0.25, 0.3) is 0 Å². The van der Waals surface area contributed by atoms with Crippen molar-refractivity contribution in [2.24, 2.45) is 0 Å². The first-order valence-corrected chi connectivity index (χ1v) is 3.09. The van der Waals surface area contributed by atoms with Gasteiger partial charge in [-0.05, 0) is 19.9 Å². The Hall–Kier alpha value is -0.920. The van der Waals surface area contributed by atoms with E-state index < -0.39 is 11.6 Å². The molecular formula is C8H12O2. The zero-order chi connectivity index (χ0) is 8.85. The molecule has 0 amide bonds. The van der Waals surface area contributed by atoms with Crippen LogP contribution in [0.5, 0.6) is 0 Å². The Morgan fingerprint density at radius 3 is 2.50 bits per heavy atom. The largest absolute Gasteiger partial charge is 0.291 e. The minimum absolute atomic E-state index is 0.0127. The maximum absolute atomic E-state index is 10.8. The summed E-state index contributed by atoms with van der Waals surface area (Å²) in [6.45, 7) is 3.50. The third-order valence-electron chi connectivity index (χ3n) is 0.922. The molecule has 0 rings (SSSR count). The van der Waals surface area contributed by atoms with Gasteiger partial charge in [-0.3, -0.25) is 9.59 Å². The number of carbonyl (C=O) groups is 2. The van der Waals surface area contributed by atoms with Gasteiger partial charge in [-0.1, -0.05) is 12.5 Å². The number of Topliss-reactive ketones (excluding diaryl/α,β-unsaturated/α-hetero) is 1. The lowest BCUT2D eigenvalue weighted by Gasteiger charge is -1.89. The Labute approximate surface area is 62.3 Å². The van der Waals surface area contributed by atoms with E-state index in [1.807, 2.05) is 0 Å². The molecular weight excluding hydrogens is 128 g/mol. The summed E-state index contributed by atoms with van der Waals surface area (Å²) < 4.78 is 6.72. The Kier molecular flexibility index (Phi) is 2.87. The van der Waals surface area contributed by atoms with E-state index in [0.29, 0.717) is 0 Å². The van der Waals surface area contributed by atoms with Crippen LogP contribution in [0.4, 0.5) is 0 Å². The van der Waals surface area contributed by atoms with Gasteiger partial charge in [0, 0.05) is 7.79 Å². The van der Waals surface area contributed by atoms with Crippen molar-refractivity contribution < 1.29 is 11.0 Å². The monoisotopic (exact) mass is 141 g/mol. The molecule has 0 aliphatic heterocycles. The van der Waals surface area contributed by atoms with Crippen LogP contribution in [-0.2, 0) is 9.59 Å². The number of hydrogen-bond acceptors (Lipinski definition) is 2. The highest BCUT2D eigenvalue weighted by Crippen LogP contribution is 1.92. The van der Waals surface area contributed by atoms with Crippen LogP contribution in [0.25, 0.3) is 0 Å². The minimum Gasteiger partial charge on any atom is -0.291 e. The lowest BCUT2D eigenvalue weighted by atomic mass is 10.1. The number of hydrogen-bond donors (Lipinski definition) is 0. The van der Waals surface area contributed by atoms with E-state index in [-0.39, 0.29) is 13.3 Å². The Bertz CT molecular complexity index is 190. The summed E-state index contributed by atoms with van der Waals surface area (Å²) in [7, 11) is 0. The Morgan fingerprint density at radius 2 is 2.10 bits per heavy atom. The predicted molar refractivity (Wildman–Crippen MR) is 39.7 cm³/mol. The molecule has 0 atom stereocenters. The average molecular weight is 141 g/mol. The summed E-state index contributed by atoms with van der Waals surface area (Å²) in [4.78, 5) is 21.6. The Balaban J connectivity index is 4.05. The fourth-order valence-electron chi connectivity index (χ4n) is 0.466. The summed E-state index contributed by atoms with van der Waals surface area (Å²) in [5.41, 5.74) is 0.813. The molecule has 56 valence electrons. The zero-order valence-electron chi connectivity index (χ0n) is 7.31. The number of carbonyl (C=O) groups excluding carboxylic acids is 2. The SMILES string of the molecule is [2H]CCC(=O)C(=O)C=C(C)C. The molecule has 0 fully saturated rings. The van der Waals surface area contributed by atoms with Gasteiger partial charge in [-0.2, -0.15) is 0 Å². The van der Waals surface area contributed by atoms with Crippen molar-refractivity contribution in [3.8, 4) is 0 Å². The van der Waals surface area contributed by atoms with Crippen molar-refractivity contribution in [2.45, 2.75) is 27.2 Å². The summed E-state index contributed by atoms with van der Waals surface area (Å²) in [5, 5.41) is 0. The second-order valence-corrected chi connectivity index (χ2v) is 2.26. The molecule has 0 aromatic heterocycles. The summed E-state index contributed by atoms with van der Waals surface area (Å²) >= 11 is 0. The second-order valence-electron chi connectivity index (χ2n) is 2.26. The van der Waals surface area contributed by atoms with Gasteiger partial charge in [-0.25, -0.2) is 0 Å². The van der Waals surface area contributed by atoms with Crippen molar-refractivity contribution in [3.05, 3.63) is 11.6 Å². The predicted octanol–water partition coefficient (Wildman–Crippen LogP) is 1.50. The van der Waals surface area contributed by atoms with Gasteiger partial charge in [0.1, 0.15) is 0 Å². The highest BCUT2D eigenvalue weighted by atomic mass is 16.2. The van der Waals surface area contributed by atoms with Crippen LogP contribution in [0.2, 0.25) is 0 Å². The van der Waals surface area contributed by atoms with E-state index >= 15 is 0 Å². The van der Waals surface area contributed by atoms with E-state index in [0.717, 1.165) is 5.57 Å². The first-order chi connectivity index (χ1) is 5.07. The lowest BCUT2D eigenvalue weighted by molar-refractivity contribution is -0.133. The molecule has 0 spiro atoms. The maximum atomic E-state index is 10.8. The van der Waals surface area contributed by atoms with Crippen molar-refractivity contribution in [1.82, 2.24) is 0 Å². The van der Waals surface area contributed by atoms with Gasteiger partial charge in [0.15, 0.2) is 0 Å². The number of rotatable bonds is 3. The summed E-state index contributed by atoms with van der Waals surface area (Å²) in [5.74, 6) is -0.960. The topological polar surface area (TPSA) is 34.1 Å². The molecule has 0 heterocycles. The van der Waals surface area contributed by atoms with Crippen LogP contribution in [0.15, 0.2) is 11.6 Å². The van der Waals surface area contributed by atoms with Crippen LogP contribution < -0.4 is 0 Å². The third-order valence-corrected chi connectivity index (χ3v) is 0.922. The van der Waals surface area contributed by atoms with Gasteiger partial charge in [0.2, 0.25) is 11.6 Å². The standard InChI is InChI=1S/C8H12O2/c1-4-7(9)8(10)5-6(2)3/h5H,4H2,1-3H3/i1D. The maximum Gasteiger partial charge on any atom is 0.221 e. The van der Waals surface area contributed by atoms with E-state index in [2.05, 4.69) is 0 Å². The first kappa shape index (κ1) is 7.19. The molecule has 0 aromatic carbocycles. The van der Waals surface area contributed by atoms with E-state index in [1.54, 1.807) is 13.8 Å². The summed E-state index contributed by atoms with van der Waals surface area (Å²) in [6.07, 6.45) is 1.33. The molecule has 2 nitrogen and oxygen atoms in total. The molecule has 0 bridgehead atoms. The van der Waals surface area contributed by atoms with Crippen LogP contribution in [-0.4, -0.2) is 11.6 Å². The van der Waals surface area contributed by atoms with E-state index in [1.165, 1.54) is 6.08 Å². The Morgan fingerprint density at radius 1 is 1.50 bits per heavy atom. The quantitative estimate of drug-likeness (QED) is 0.441. The zero-order valence-corrected chi connectivity index (χ0v) is 6.31.